The van der Waals surface area contributed by atoms with Gasteiger partial charge in [-0.1, -0.05) is 90.4 Å². The number of rotatable bonds is 16. The molecule has 0 unspecified atom stereocenters. The maximum Gasteiger partial charge on any atom is 0.339 e. The molecule has 2 rings (SSSR count). The Morgan fingerprint density at radius 1 is 0.800 bits per heavy atom. The number of benzene rings is 1. The summed E-state index contributed by atoms with van der Waals surface area (Å²) in [5.41, 5.74) is 2.31. The molecule has 1 aromatic carbocycles. The molecule has 0 aliphatic rings. The third kappa shape index (κ3) is 8.16. The number of methoxy groups -OCH3 is 1. The first-order chi connectivity index (χ1) is 14.7. The zero-order valence-corrected chi connectivity index (χ0v) is 19.6. The van der Waals surface area contributed by atoms with Crippen LogP contribution in [0.5, 0.6) is 5.75 Å². The van der Waals surface area contributed by atoms with Gasteiger partial charge < -0.3 is 9.15 Å². The van der Waals surface area contributed by atoms with Crippen molar-refractivity contribution < 1.29 is 9.15 Å². The van der Waals surface area contributed by atoms with Gasteiger partial charge in [0.25, 0.3) is 0 Å². The molecular weight excluding hydrogens is 372 g/mol. The Bertz CT molecular complexity index is 791. The molecule has 0 bridgehead atoms. The molecule has 0 saturated heterocycles. The summed E-state index contributed by atoms with van der Waals surface area (Å²) in [5, 5.41) is 1.01. The predicted molar refractivity (Wildman–Crippen MR) is 128 cm³/mol. The quantitative estimate of drug-likeness (QED) is 0.205. The average Bonchev–Trinajstić information content (AvgIpc) is 2.75. The van der Waals surface area contributed by atoms with E-state index in [-0.39, 0.29) is 5.63 Å². The molecule has 0 aliphatic carbocycles. The van der Waals surface area contributed by atoms with Gasteiger partial charge in [-0.2, -0.15) is 0 Å². The van der Waals surface area contributed by atoms with E-state index in [9.17, 15) is 4.79 Å². The van der Waals surface area contributed by atoms with Crippen LogP contribution < -0.4 is 10.4 Å². The fraction of sp³-hybridized carbons (Fsp3) is 0.667. The number of hydrogen-bond acceptors (Lipinski definition) is 3. The highest BCUT2D eigenvalue weighted by Gasteiger charge is 2.11. The minimum absolute atomic E-state index is 0.192. The predicted octanol–water partition coefficient (Wildman–Crippen LogP) is 8.13. The first-order valence-electron chi connectivity index (χ1n) is 12.3. The highest BCUT2D eigenvalue weighted by Crippen LogP contribution is 2.24. The first-order valence-corrected chi connectivity index (χ1v) is 12.3. The second kappa shape index (κ2) is 14.3. The summed E-state index contributed by atoms with van der Waals surface area (Å²) in [7, 11) is 1.62. The molecule has 0 aliphatic heterocycles. The van der Waals surface area contributed by atoms with Crippen LogP contribution >= 0.6 is 0 Å². The zero-order chi connectivity index (χ0) is 21.6. The first kappa shape index (κ1) is 24.5. The summed E-state index contributed by atoms with van der Waals surface area (Å²) >= 11 is 0. The number of unbranched alkanes of at least 4 members (excludes halogenated alkanes) is 13. The molecule has 0 spiro atoms. The topological polar surface area (TPSA) is 39.4 Å². The maximum absolute atomic E-state index is 12.4. The van der Waals surface area contributed by atoms with Gasteiger partial charge in [0.2, 0.25) is 0 Å². The van der Waals surface area contributed by atoms with Crippen LogP contribution in [0.15, 0.2) is 27.4 Å². The van der Waals surface area contributed by atoms with Gasteiger partial charge in [0, 0.05) is 17.0 Å². The summed E-state index contributed by atoms with van der Waals surface area (Å²) in [5.74, 6) is 0.713. The normalized spacial score (nSPS) is 11.3. The largest absolute Gasteiger partial charge is 0.497 e. The van der Waals surface area contributed by atoms with Gasteiger partial charge in [-0.15, -0.1) is 0 Å². The maximum atomic E-state index is 12.4. The van der Waals surface area contributed by atoms with Crippen LogP contribution in [0.1, 0.15) is 108 Å². The van der Waals surface area contributed by atoms with Crippen molar-refractivity contribution in [2.75, 3.05) is 7.11 Å². The van der Waals surface area contributed by atoms with E-state index in [1.807, 2.05) is 19.1 Å². The number of fused-ring (bicyclic) bond motifs is 1. The molecular formula is C27H42O3. The summed E-state index contributed by atoms with van der Waals surface area (Å²) in [6.07, 6.45) is 19.6. The van der Waals surface area contributed by atoms with Crippen LogP contribution in [-0.2, 0) is 6.42 Å². The van der Waals surface area contributed by atoms with Crippen LogP contribution in [0.3, 0.4) is 0 Å². The van der Waals surface area contributed by atoms with Gasteiger partial charge in [-0.05, 0) is 37.5 Å². The third-order valence-corrected chi connectivity index (χ3v) is 6.27. The van der Waals surface area contributed by atoms with Gasteiger partial charge >= 0.3 is 5.63 Å². The van der Waals surface area contributed by atoms with E-state index < -0.39 is 0 Å². The summed E-state index contributed by atoms with van der Waals surface area (Å²) in [4.78, 5) is 12.4. The van der Waals surface area contributed by atoms with Crippen molar-refractivity contribution >= 4 is 11.0 Å². The monoisotopic (exact) mass is 414 g/mol. The average molecular weight is 415 g/mol. The smallest absolute Gasteiger partial charge is 0.339 e. The van der Waals surface area contributed by atoms with Crippen LogP contribution in [-0.4, -0.2) is 7.11 Å². The fourth-order valence-corrected chi connectivity index (χ4v) is 4.29. The molecule has 0 saturated carbocycles. The Kier molecular flexibility index (Phi) is 11.7. The van der Waals surface area contributed by atoms with Gasteiger partial charge in [-0.25, -0.2) is 4.79 Å². The van der Waals surface area contributed by atoms with E-state index in [0.717, 1.165) is 29.4 Å². The molecule has 168 valence electrons. The Morgan fingerprint density at radius 3 is 1.87 bits per heavy atom. The van der Waals surface area contributed by atoms with Crippen molar-refractivity contribution in [3.63, 3.8) is 0 Å². The molecule has 0 atom stereocenters. The fourth-order valence-electron chi connectivity index (χ4n) is 4.29. The van der Waals surface area contributed by atoms with Crippen molar-refractivity contribution in [3.8, 4) is 5.75 Å². The summed E-state index contributed by atoms with van der Waals surface area (Å²) in [6, 6.07) is 5.70. The van der Waals surface area contributed by atoms with E-state index in [2.05, 4.69) is 6.92 Å². The molecule has 3 heteroatoms. The standard InChI is InChI=1S/C27H42O3/c1-4-5-6-7-8-9-10-11-12-13-14-15-16-17-18-25-22(2)24-20-19-23(29-3)21-26(24)30-27(25)28/h19-21H,4-18H2,1-3H3. The second-order valence-corrected chi connectivity index (χ2v) is 8.70. The van der Waals surface area contributed by atoms with E-state index >= 15 is 0 Å². The molecule has 0 amide bonds. The van der Waals surface area contributed by atoms with Crippen molar-refractivity contribution in [3.05, 3.63) is 39.7 Å². The molecule has 1 heterocycles. The SMILES string of the molecule is CCCCCCCCCCCCCCCCc1c(C)c2ccc(OC)cc2oc1=O. The van der Waals surface area contributed by atoms with E-state index in [1.54, 1.807) is 13.2 Å². The lowest BCUT2D eigenvalue weighted by Gasteiger charge is -2.09. The van der Waals surface area contributed by atoms with E-state index in [1.165, 1.54) is 83.5 Å². The zero-order valence-electron chi connectivity index (χ0n) is 19.6. The van der Waals surface area contributed by atoms with Crippen LogP contribution in [0.2, 0.25) is 0 Å². The van der Waals surface area contributed by atoms with Crippen molar-refractivity contribution in [2.24, 2.45) is 0 Å². The van der Waals surface area contributed by atoms with Gasteiger partial charge in [0.05, 0.1) is 7.11 Å². The molecule has 30 heavy (non-hydrogen) atoms. The molecule has 0 radical (unpaired) electrons. The van der Waals surface area contributed by atoms with Gasteiger partial charge in [0.15, 0.2) is 0 Å². The summed E-state index contributed by atoms with van der Waals surface area (Å²) < 4.78 is 10.8. The molecule has 0 N–H and O–H groups in total. The van der Waals surface area contributed by atoms with Crippen molar-refractivity contribution in [2.45, 2.75) is 110 Å². The Morgan fingerprint density at radius 2 is 1.33 bits per heavy atom. The van der Waals surface area contributed by atoms with Crippen LogP contribution in [0, 0.1) is 6.92 Å². The molecule has 3 nitrogen and oxygen atoms in total. The highest BCUT2D eigenvalue weighted by molar-refractivity contribution is 5.82. The minimum Gasteiger partial charge on any atom is -0.497 e. The number of ether oxygens (including phenoxy) is 1. The highest BCUT2D eigenvalue weighted by atomic mass is 16.5. The Hall–Kier alpha value is -1.77. The number of hydrogen-bond donors (Lipinski definition) is 0. The molecule has 0 fully saturated rings. The lowest BCUT2D eigenvalue weighted by Crippen LogP contribution is -2.10. The van der Waals surface area contributed by atoms with Crippen LogP contribution in [0.4, 0.5) is 0 Å². The van der Waals surface area contributed by atoms with Gasteiger partial charge in [-0.3, -0.25) is 0 Å². The van der Waals surface area contributed by atoms with Crippen molar-refractivity contribution in [1.82, 2.24) is 0 Å². The lowest BCUT2D eigenvalue weighted by atomic mass is 10.00. The molecule has 2 aromatic rings. The Balaban J connectivity index is 1.59. The lowest BCUT2D eigenvalue weighted by molar-refractivity contribution is 0.414. The molecule has 1 aromatic heterocycles. The Labute approximate surface area is 183 Å². The number of aryl methyl sites for hydroxylation is 1. The van der Waals surface area contributed by atoms with Gasteiger partial charge in [0.1, 0.15) is 11.3 Å². The van der Waals surface area contributed by atoms with E-state index in [0.29, 0.717) is 11.3 Å². The second-order valence-electron chi connectivity index (χ2n) is 8.70. The third-order valence-electron chi connectivity index (χ3n) is 6.27. The summed E-state index contributed by atoms with van der Waals surface area (Å²) in [6.45, 7) is 4.31. The van der Waals surface area contributed by atoms with Crippen molar-refractivity contribution in [1.29, 1.82) is 0 Å². The van der Waals surface area contributed by atoms with E-state index in [4.69, 9.17) is 9.15 Å². The minimum atomic E-state index is -0.192. The van der Waals surface area contributed by atoms with Crippen LogP contribution in [0.25, 0.3) is 11.0 Å².